The van der Waals surface area contributed by atoms with Gasteiger partial charge in [0, 0.05) is 18.7 Å². The molecule has 108 valence electrons. The zero-order chi connectivity index (χ0) is 14.4. The predicted molar refractivity (Wildman–Crippen MR) is 79.4 cm³/mol. The zero-order valence-electron chi connectivity index (χ0n) is 12.7. The lowest BCUT2D eigenvalue weighted by Gasteiger charge is -2.32. The zero-order valence-corrected chi connectivity index (χ0v) is 12.7. The Balaban J connectivity index is 1.87. The van der Waals surface area contributed by atoms with E-state index in [0.717, 1.165) is 24.3 Å². The fraction of sp³-hybridized carbons (Fsp3) is 0.600. The third-order valence-corrected chi connectivity index (χ3v) is 4.47. The molecule has 1 aromatic carbocycles. The van der Waals surface area contributed by atoms with Crippen molar-refractivity contribution in [2.24, 2.45) is 0 Å². The lowest BCUT2D eigenvalue weighted by atomic mass is 9.78. The number of ether oxygens (including phenoxy) is 1. The van der Waals surface area contributed by atoms with Crippen molar-refractivity contribution in [3.63, 3.8) is 0 Å². The molecule has 3 rings (SSSR count). The molecule has 1 N–H and O–H groups in total. The Hall–Kier alpha value is -1.04. The minimum Gasteiger partial charge on any atom is -0.492 e. The van der Waals surface area contributed by atoms with Crippen LogP contribution >= 0.6 is 0 Å². The second-order valence-electron chi connectivity index (χ2n) is 6.48. The monoisotopic (exact) mass is 275 g/mol. The second kappa shape index (κ2) is 4.76. The van der Waals surface area contributed by atoms with Crippen LogP contribution in [0.5, 0.6) is 5.75 Å². The van der Waals surface area contributed by atoms with Gasteiger partial charge in [-0.15, -0.1) is 0 Å². The van der Waals surface area contributed by atoms with E-state index in [2.05, 4.69) is 45.1 Å². The van der Waals surface area contributed by atoms with E-state index in [1.165, 1.54) is 5.56 Å². The quantitative estimate of drug-likeness (QED) is 0.788. The molecule has 2 heterocycles. The van der Waals surface area contributed by atoms with E-state index in [4.69, 9.17) is 14.0 Å². The van der Waals surface area contributed by atoms with Crippen molar-refractivity contribution in [1.82, 2.24) is 5.32 Å². The molecule has 1 fully saturated rings. The average molecular weight is 275 g/mol. The molecule has 2 aliphatic heterocycles. The molecule has 0 radical (unpaired) electrons. The molecule has 0 spiro atoms. The first-order valence-corrected chi connectivity index (χ1v) is 7.21. The highest BCUT2D eigenvalue weighted by Gasteiger charge is 2.51. The molecule has 0 saturated carbocycles. The number of hydrogen-bond acceptors (Lipinski definition) is 4. The summed E-state index contributed by atoms with van der Waals surface area (Å²) in [5.41, 5.74) is 1.58. The molecule has 20 heavy (non-hydrogen) atoms. The highest BCUT2D eigenvalue weighted by atomic mass is 16.7. The van der Waals surface area contributed by atoms with Crippen LogP contribution in [0.3, 0.4) is 0 Å². The van der Waals surface area contributed by atoms with Crippen LogP contribution < -0.4 is 15.5 Å². The number of rotatable bonds is 1. The summed E-state index contributed by atoms with van der Waals surface area (Å²) in [6.07, 6.45) is 0. The molecular formula is C15H22BNO3. The van der Waals surface area contributed by atoms with Crippen molar-refractivity contribution in [2.45, 2.75) is 45.4 Å². The van der Waals surface area contributed by atoms with Crippen LogP contribution in [-0.2, 0) is 15.9 Å². The van der Waals surface area contributed by atoms with E-state index in [1.807, 2.05) is 6.07 Å². The number of fused-ring (bicyclic) bond motifs is 1. The highest BCUT2D eigenvalue weighted by molar-refractivity contribution is 6.62. The Morgan fingerprint density at radius 2 is 1.80 bits per heavy atom. The average Bonchev–Trinajstić information content (AvgIpc) is 2.56. The van der Waals surface area contributed by atoms with Crippen molar-refractivity contribution in [2.75, 3.05) is 13.2 Å². The summed E-state index contributed by atoms with van der Waals surface area (Å²) in [5, 5.41) is 3.33. The number of hydrogen-bond donors (Lipinski definition) is 1. The van der Waals surface area contributed by atoms with Crippen LogP contribution in [0, 0.1) is 0 Å². The highest BCUT2D eigenvalue weighted by Crippen LogP contribution is 2.36. The smallest absolute Gasteiger partial charge is 0.492 e. The van der Waals surface area contributed by atoms with Crippen LogP contribution in [0.4, 0.5) is 0 Å². The largest absolute Gasteiger partial charge is 0.494 e. The van der Waals surface area contributed by atoms with E-state index in [-0.39, 0.29) is 18.3 Å². The van der Waals surface area contributed by atoms with Crippen molar-refractivity contribution >= 4 is 12.6 Å². The molecule has 4 nitrogen and oxygen atoms in total. The van der Waals surface area contributed by atoms with Crippen LogP contribution in [0.25, 0.3) is 0 Å². The van der Waals surface area contributed by atoms with Gasteiger partial charge >= 0.3 is 7.12 Å². The minimum atomic E-state index is -0.329. The normalized spacial score (nSPS) is 23.9. The fourth-order valence-electron chi connectivity index (χ4n) is 2.43. The Bertz CT molecular complexity index is 500. The van der Waals surface area contributed by atoms with Gasteiger partial charge in [-0.3, -0.25) is 0 Å². The Morgan fingerprint density at radius 3 is 2.50 bits per heavy atom. The molecule has 0 atom stereocenters. The molecule has 0 aromatic heterocycles. The lowest BCUT2D eigenvalue weighted by molar-refractivity contribution is 0.00578. The maximum absolute atomic E-state index is 6.08. The van der Waals surface area contributed by atoms with Gasteiger partial charge in [-0.2, -0.15) is 0 Å². The number of benzene rings is 1. The third-order valence-electron chi connectivity index (χ3n) is 4.47. The molecule has 5 heteroatoms. The fourth-order valence-corrected chi connectivity index (χ4v) is 2.43. The molecule has 0 bridgehead atoms. The van der Waals surface area contributed by atoms with E-state index in [1.54, 1.807) is 0 Å². The summed E-state index contributed by atoms with van der Waals surface area (Å²) in [5.74, 6) is 0.933. The van der Waals surface area contributed by atoms with Gasteiger partial charge in [-0.25, -0.2) is 0 Å². The van der Waals surface area contributed by atoms with Crippen LogP contribution in [0.1, 0.15) is 33.3 Å². The molecule has 0 unspecified atom stereocenters. The lowest BCUT2D eigenvalue weighted by Crippen LogP contribution is -2.41. The molecule has 2 aliphatic rings. The second-order valence-corrected chi connectivity index (χ2v) is 6.48. The van der Waals surface area contributed by atoms with Crippen LogP contribution in [0.15, 0.2) is 18.2 Å². The first-order valence-electron chi connectivity index (χ1n) is 7.21. The van der Waals surface area contributed by atoms with E-state index < -0.39 is 0 Å². The van der Waals surface area contributed by atoms with Gasteiger partial charge < -0.3 is 19.4 Å². The molecular weight excluding hydrogens is 253 g/mol. The summed E-state index contributed by atoms with van der Waals surface area (Å²) in [7, 11) is -0.329. The van der Waals surface area contributed by atoms with Crippen LogP contribution in [0.2, 0.25) is 0 Å². The van der Waals surface area contributed by atoms with Gasteiger partial charge in [-0.05, 0) is 39.2 Å². The van der Waals surface area contributed by atoms with E-state index in [0.29, 0.717) is 6.61 Å². The van der Waals surface area contributed by atoms with E-state index >= 15 is 0 Å². The van der Waals surface area contributed by atoms with Gasteiger partial charge in [0.15, 0.2) is 0 Å². The molecule has 0 amide bonds. The standard InChI is InChI=1S/C15H22BNO3/c1-14(2)15(3,4)20-16(19-14)12-6-5-11-10-17-7-8-18-13(11)9-12/h5-6,9,17H,7-8,10H2,1-4H3. The van der Waals surface area contributed by atoms with Gasteiger partial charge in [0.1, 0.15) is 12.4 Å². The van der Waals surface area contributed by atoms with Gasteiger partial charge in [0.2, 0.25) is 0 Å². The SMILES string of the molecule is CC1(C)OB(c2ccc3c(c2)OCCNC3)OC1(C)C. The third kappa shape index (κ3) is 2.34. The van der Waals surface area contributed by atoms with Gasteiger partial charge in [0.05, 0.1) is 11.2 Å². The van der Waals surface area contributed by atoms with Crippen LogP contribution in [-0.4, -0.2) is 31.5 Å². The summed E-state index contributed by atoms with van der Waals surface area (Å²) in [6.45, 7) is 10.7. The molecule has 1 saturated heterocycles. The number of nitrogens with one attached hydrogen (secondary N) is 1. The predicted octanol–water partition coefficient (Wildman–Crippen LogP) is 1.47. The van der Waals surface area contributed by atoms with E-state index in [9.17, 15) is 0 Å². The first kappa shape index (κ1) is 13.9. The topological polar surface area (TPSA) is 39.7 Å². The Labute approximate surface area is 120 Å². The van der Waals surface area contributed by atoms with Gasteiger partial charge in [0.25, 0.3) is 0 Å². The van der Waals surface area contributed by atoms with Crippen molar-refractivity contribution < 1.29 is 14.0 Å². The maximum atomic E-state index is 6.08. The van der Waals surface area contributed by atoms with Gasteiger partial charge in [-0.1, -0.05) is 12.1 Å². The molecule has 1 aromatic rings. The van der Waals surface area contributed by atoms with Crippen molar-refractivity contribution in [3.8, 4) is 5.75 Å². The summed E-state index contributed by atoms with van der Waals surface area (Å²) in [6, 6.07) is 6.20. The Kier molecular flexibility index (Phi) is 3.31. The Morgan fingerprint density at radius 1 is 1.10 bits per heavy atom. The van der Waals surface area contributed by atoms with Crippen molar-refractivity contribution in [3.05, 3.63) is 23.8 Å². The first-order chi connectivity index (χ1) is 9.39. The molecule has 0 aliphatic carbocycles. The summed E-state index contributed by atoms with van der Waals surface area (Å²) >= 11 is 0. The summed E-state index contributed by atoms with van der Waals surface area (Å²) < 4.78 is 17.9. The maximum Gasteiger partial charge on any atom is 0.494 e. The summed E-state index contributed by atoms with van der Waals surface area (Å²) in [4.78, 5) is 0. The minimum absolute atomic E-state index is 0.313. The van der Waals surface area contributed by atoms with Crippen molar-refractivity contribution in [1.29, 1.82) is 0 Å².